The molecule has 0 heterocycles. The quantitative estimate of drug-likeness (QED) is 0.155. The molecule has 0 saturated heterocycles. The highest BCUT2D eigenvalue weighted by atomic mass is 28.3. The normalized spacial score (nSPS) is 21.9. The first-order valence-electron chi connectivity index (χ1n) is 25.3. The average molecular weight is 825 g/mol. The monoisotopic (exact) mass is 825 g/mol. The molecule has 0 N–H and O–H groups in total. The van der Waals surface area contributed by atoms with Gasteiger partial charge >= 0.3 is 0 Å². The molecule has 4 aromatic rings. The van der Waals surface area contributed by atoms with Crippen molar-refractivity contribution in [1.29, 1.82) is 0 Å². The van der Waals surface area contributed by atoms with Gasteiger partial charge in [0.1, 0.15) is 0 Å². The molecule has 1 heteroatoms. The third-order valence-electron chi connectivity index (χ3n) is 17.0. The van der Waals surface area contributed by atoms with E-state index in [9.17, 15) is 0 Å². The second-order valence-electron chi connectivity index (χ2n) is 23.7. The van der Waals surface area contributed by atoms with Crippen LogP contribution < -0.4 is 0 Å². The Morgan fingerprint density at radius 2 is 0.852 bits per heavy atom. The van der Waals surface area contributed by atoms with Crippen molar-refractivity contribution >= 4 is 20.2 Å². The summed E-state index contributed by atoms with van der Waals surface area (Å²) in [5, 5.41) is 0. The standard InChI is InChI=1S/C60H76Si/c1-59(2,3)47-29-25-41(26-30-47)55-49-23-15-21-43(49)35-53-51(55)37-45(33-39-17-11-9-12-18-39)57(53)61(7,8)58-46(34-40-19-13-10-14-20-40)38-52-54(58)36-44-22-16-24-50(44)56(52)42-27-31-48(32-28-42)60(4,5)6/h25-32,35-40,57-58H,9-24,33-34H2,1-8H3. The van der Waals surface area contributed by atoms with Crippen LogP contribution in [0, 0.1) is 11.8 Å². The van der Waals surface area contributed by atoms with Gasteiger partial charge in [0.2, 0.25) is 0 Å². The van der Waals surface area contributed by atoms with Crippen molar-refractivity contribution in [2.75, 3.05) is 0 Å². The molecule has 61 heavy (non-hydrogen) atoms. The van der Waals surface area contributed by atoms with Crippen molar-refractivity contribution in [2.45, 2.75) is 192 Å². The molecule has 320 valence electrons. The summed E-state index contributed by atoms with van der Waals surface area (Å²) >= 11 is 0. The minimum Gasteiger partial charge on any atom is -0.0679 e. The van der Waals surface area contributed by atoms with E-state index in [-0.39, 0.29) is 10.8 Å². The second-order valence-corrected chi connectivity index (χ2v) is 28.5. The molecule has 6 aliphatic rings. The van der Waals surface area contributed by atoms with Gasteiger partial charge in [0, 0.05) is 11.1 Å². The Kier molecular flexibility index (Phi) is 10.9. The summed E-state index contributed by atoms with van der Waals surface area (Å²) in [5.74, 6) is 1.67. The Balaban J connectivity index is 1.15. The predicted octanol–water partition coefficient (Wildman–Crippen LogP) is 17.0. The van der Waals surface area contributed by atoms with Gasteiger partial charge in [0.05, 0.1) is 8.07 Å². The molecule has 2 unspecified atom stereocenters. The lowest BCUT2D eigenvalue weighted by atomic mass is 9.84. The first-order chi connectivity index (χ1) is 29.3. The van der Waals surface area contributed by atoms with Crippen LogP contribution in [0.25, 0.3) is 34.4 Å². The summed E-state index contributed by atoms with van der Waals surface area (Å²) < 4.78 is 0. The Hall–Kier alpha value is -3.42. The highest BCUT2D eigenvalue weighted by Crippen LogP contribution is 2.59. The van der Waals surface area contributed by atoms with Crippen LogP contribution in [-0.4, -0.2) is 8.07 Å². The zero-order valence-electron chi connectivity index (χ0n) is 39.5. The summed E-state index contributed by atoms with van der Waals surface area (Å²) in [7, 11) is -2.15. The van der Waals surface area contributed by atoms with E-state index in [1.165, 1.54) is 138 Å². The van der Waals surface area contributed by atoms with Crippen molar-refractivity contribution in [2.24, 2.45) is 11.8 Å². The maximum Gasteiger partial charge on any atom is 0.0722 e. The van der Waals surface area contributed by atoms with E-state index in [1.54, 1.807) is 55.6 Å². The van der Waals surface area contributed by atoms with E-state index in [0.717, 1.165) is 11.8 Å². The molecule has 2 fully saturated rings. The number of rotatable bonds is 8. The van der Waals surface area contributed by atoms with Crippen LogP contribution in [0.4, 0.5) is 0 Å². The lowest BCUT2D eigenvalue weighted by molar-refractivity contribution is 0.353. The second kappa shape index (κ2) is 16.0. The topological polar surface area (TPSA) is 0 Å². The minimum atomic E-state index is -2.15. The maximum absolute atomic E-state index is 2.88. The molecule has 0 aromatic heterocycles. The molecule has 2 saturated carbocycles. The van der Waals surface area contributed by atoms with Crippen molar-refractivity contribution < 1.29 is 0 Å². The van der Waals surface area contributed by atoms with Gasteiger partial charge in [0.15, 0.2) is 0 Å². The SMILES string of the molecule is CC(C)(C)c1ccc(-c2c3c(cc4c2CCC4)C([Si](C)(C)C2C(CC4CCCCC4)=Cc4c2cc2c(c4-c4ccc(C(C)(C)C)cc4)CCC2)C(CC2CCCCC2)=C3)cc1. The van der Waals surface area contributed by atoms with Gasteiger partial charge in [-0.25, -0.2) is 0 Å². The number of benzene rings is 4. The van der Waals surface area contributed by atoms with Crippen molar-refractivity contribution in [3.63, 3.8) is 0 Å². The Morgan fingerprint density at radius 3 is 1.21 bits per heavy atom. The van der Waals surface area contributed by atoms with E-state index in [0.29, 0.717) is 11.1 Å². The third-order valence-corrected chi connectivity index (χ3v) is 21.4. The van der Waals surface area contributed by atoms with Crippen LogP contribution >= 0.6 is 0 Å². The summed E-state index contributed by atoms with van der Waals surface area (Å²) in [4.78, 5) is 0. The van der Waals surface area contributed by atoms with E-state index in [2.05, 4.69) is 127 Å². The van der Waals surface area contributed by atoms with Gasteiger partial charge in [-0.3, -0.25) is 0 Å². The van der Waals surface area contributed by atoms with Gasteiger partial charge in [-0.1, -0.05) is 203 Å². The highest BCUT2D eigenvalue weighted by Gasteiger charge is 2.50. The number of hydrogen-bond donors (Lipinski definition) is 0. The van der Waals surface area contributed by atoms with Crippen LogP contribution in [0.5, 0.6) is 0 Å². The molecule has 0 radical (unpaired) electrons. The molecule has 0 amide bonds. The van der Waals surface area contributed by atoms with Gasteiger partial charge in [-0.15, -0.1) is 0 Å². The number of hydrogen-bond acceptors (Lipinski definition) is 0. The van der Waals surface area contributed by atoms with Gasteiger partial charge in [-0.2, -0.15) is 0 Å². The Morgan fingerprint density at radius 1 is 0.475 bits per heavy atom. The van der Waals surface area contributed by atoms with Crippen molar-refractivity contribution in [1.82, 2.24) is 0 Å². The van der Waals surface area contributed by atoms with Crippen LogP contribution in [0.1, 0.15) is 198 Å². The molecular formula is C60H76Si. The number of aryl methyl sites for hydroxylation is 2. The molecule has 10 rings (SSSR count). The third kappa shape index (κ3) is 7.63. The highest BCUT2D eigenvalue weighted by molar-refractivity contribution is 6.81. The van der Waals surface area contributed by atoms with E-state index in [1.807, 2.05) is 11.1 Å². The summed E-state index contributed by atoms with van der Waals surface area (Å²) in [6.07, 6.45) is 30.0. The molecule has 0 aliphatic heterocycles. The first kappa shape index (κ1) is 41.6. The minimum absolute atomic E-state index is 0.156. The van der Waals surface area contributed by atoms with Gasteiger partial charge < -0.3 is 0 Å². The van der Waals surface area contributed by atoms with Gasteiger partial charge in [0.25, 0.3) is 0 Å². The summed E-state index contributed by atoms with van der Waals surface area (Å²) in [6.45, 7) is 19.9. The zero-order chi connectivity index (χ0) is 42.3. The predicted molar refractivity (Wildman–Crippen MR) is 267 cm³/mol. The number of fused-ring (bicyclic) bond motifs is 4. The van der Waals surface area contributed by atoms with Crippen LogP contribution in [0.3, 0.4) is 0 Å². The molecule has 0 bridgehead atoms. The fourth-order valence-electron chi connectivity index (χ4n) is 14.0. The molecule has 6 aliphatic carbocycles. The molecule has 2 atom stereocenters. The average Bonchev–Trinajstić information content (AvgIpc) is 4.04. The molecule has 0 spiro atoms. The fraction of sp³-hybridized carbons (Fsp3) is 0.533. The van der Waals surface area contributed by atoms with Crippen LogP contribution in [0.2, 0.25) is 13.1 Å². The van der Waals surface area contributed by atoms with Crippen molar-refractivity contribution in [3.05, 3.63) is 127 Å². The van der Waals surface area contributed by atoms with Crippen LogP contribution in [0.15, 0.2) is 71.8 Å². The maximum atomic E-state index is 2.88. The summed E-state index contributed by atoms with van der Waals surface area (Å²) in [5.41, 5.74) is 27.4. The first-order valence-corrected chi connectivity index (χ1v) is 28.4. The molecule has 0 nitrogen and oxygen atoms in total. The molecule has 4 aromatic carbocycles. The smallest absolute Gasteiger partial charge is 0.0679 e. The largest absolute Gasteiger partial charge is 0.0722 e. The van der Waals surface area contributed by atoms with Gasteiger partial charge in [-0.05, 0) is 152 Å². The van der Waals surface area contributed by atoms with E-state index in [4.69, 9.17) is 0 Å². The molecular weight excluding hydrogens is 749 g/mol. The van der Waals surface area contributed by atoms with Crippen molar-refractivity contribution in [3.8, 4) is 22.3 Å². The Labute approximate surface area is 372 Å². The zero-order valence-corrected chi connectivity index (χ0v) is 40.5. The summed E-state index contributed by atoms with van der Waals surface area (Å²) in [6, 6.07) is 25.4. The lowest BCUT2D eigenvalue weighted by Crippen LogP contribution is -2.43. The lowest BCUT2D eigenvalue weighted by Gasteiger charge is -2.42. The Bertz CT molecular complexity index is 2190. The van der Waals surface area contributed by atoms with E-state index < -0.39 is 8.07 Å². The van der Waals surface area contributed by atoms with Crippen LogP contribution in [-0.2, 0) is 36.5 Å². The van der Waals surface area contributed by atoms with E-state index >= 15 is 0 Å². The fourth-order valence-corrected chi connectivity index (χ4v) is 18.7. The number of allylic oxidation sites excluding steroid dienone is 2.